The van der Waals surface area contributed by atoms with E-state index in [1.165, 1.54) is 12.1 Å². The number of nitrogens with one attached hydrogen (secondary N) is 1. The summed E-state index contributed by atoms with van der Waals surface area (Å²) in [5.41, 5.74) is 1.05. The molecule has 0 amide bonds. The predicted octanol–water partition coefficient (Wildman–Crippen LogP) is 2.45. The van der Waals surface area contributed by atoms with E-state index in [1.54, 1.807) is 42.7 Å². The number of sulfone groups is 1. The highest BCUT2D eigenvalue weighted by Crippen LogP contribution is 2.35. The number of carbonyl (C=O) groups excluding carboxylic acids is 1. The van der Waals surface area contributed by atoms with Crippen molar-refractivity contribution in [2.75, 3.05) is 0 Å². The van der Waals surface area contributed by atoms with Gasteiger partial charge in [0, 0.05) is 29.1 Å². The first-order chi connectivity index (χ1) is 10.6. The van der Waals surface area contributed by atoms with Gasteiger partial charge in [0.25, 0.3) is 0 Å². The molecule has 2 heterocycles. The highest BCUT2D eigenvalue weighted by molar-refractivity contribution is 7.91. The van der Waals surface area contributed by atoms with Crippen molar-refractivity contribution in [2.45, 2.75) is 9.79 Å². The Bertz CT molecular complexity index is 1010. The predicted molar refractivity (Wildman–Crippen MR) is 79.4 cm³/mol. The third-order valence-electron chi connectivity index (χ3n) is 3.71. The summed E-state index contributed by atoms with van der Waals surface area (Å²) in [7, 11) is -3.71. The lowest BCUT2D eigenvalue weighted by Gasteiger charge is -2.19. The molecule has 22 heavy (non-hydrogen) atoms. The van der Waals surface area contributed by atoms with Crippen LogP contribution in [0.1, 0.15) is 15.9 Å². The number of hydrogen-bond acceptors (Lipinski definition) is 4. The van der Waals surface area contributed by atoms with Gasteiger partial charge in [0.1, 0.15) is 5.82 Å². The van der Waals surface area contributed by atoms with Gasteiger partial charge in [-0.25, -0.2) is 13.4 Å². The number of H-pyrrole nitrogens is 1. The molecule has 6 heteroatoms. The van der Waals surface area contributed by atoms with Crippen LogP contribution in [0, 0.1) is 0 Å². The number of benzene rings is 2. The minimum Gasteiger partial charge on any atom is -0.345 e. The highest BCUT2D eigenvalue weighted by Gasteiger charge is 2.34. The molecule has 0 spiro atoms. The number of aromatic amines is 1. The number of nitrogens with zero attached hydrogens (tertiary/aromatic N) is 1. The molecule has 0 radical (unpaired) electrons. The van der Waals surface area contributed by atoms with Crippen LogP contribution in [0.2, 0.25) is 0 Å². The summed E-state index contributed by atoms with van der Waals surface area (Å²) < 4.78 is 25.6. The molecule has 108 valence electrons. The average Bonchev–Trinajstić information content (AvgIpc) is 3.07. The molecule has 1 aliphatic rings. The van der Waals surface area contributed by atoms with Gasteiger partial charge in [0.2, 0.25) is 9.84 Å². The van der Waals surface area contributed by atoms with Crippen molar-refractivity contribution in [1.82, 2.24) is 9.97 Å². The van der Waals surface area contributed by atoms with E-state index < -0.39 is 9.84 Å². The lowest BCUT2D eigenvalue weighted by Crippen LogP contribution is -2.20. The third kappa shape index (κ3) is 1.67. The van der Waals surface area contributed by atoms with Crippen molar-refractivity contribution >= 4 is 15.6 Å². The van der Waals surface area contributed by atoms with Crippen LogP contribution in [0.25, 0.3) is 11.4 Å². The Hall–Kier alpha value is -2.73. The van der Waals surface area contributed by atoms with E-state index in [9.17, 15) is 13.2 Å². The molecule has 1 aliphatic heterocycles. The maximum absolute atomic E-state index is 12.8. The zero-order valence-electron chi connectivity index (χ0n) is 11.3. The van der Waals surface area contributed by atoms with Gasteiger partial charge in [-0.05, 0) is 24.3 Å². The van der Waals surface area contributed by atoms with Gasteiger partial charge in [0.15, 0.2) is 5.78 Å². The van der Waals surface area contributed by atoms with Gasteiger partial charge < -0.3 is 4.98 Å². The maximum atomic E-state index is 12.8. The summed E-state index contributed by atoms with van der Waals surface area (Å²) in [5, 5.41) is 0. The summed E-state index contributed by atoms with van der Waals surface area (Å²) in [6.07, 6.45) is 3.24. The average molecular weight is 310 g/mol. The van der Waals surface area contributed by atoms with E-state index >= 15 is 0 Å². The van der Waals surface area contributed by atoms with Gasteiger partial charge in [-0.1, -0.05) is 18.2 Å². The van der Waals surface area contributed by atoms with Gasteiger partial charge >= 0.3 is 0 Å². The summed E-state index contributed by atoms with van der Waals surface area (Å²) in [6.45, 7) is 0. The molecular weight excluding hydrogens is 300 g/mol. The lowest BCUT2D eigenvalue weighted by atomic mass is 10.0. The first kappa shape index (κ1) is 13.0. The van der Waals surface area contributed by atoms with E-state index in [2.05, 4.69) is 9.97 Å². The Morgan fingerprint density at radius 1 is 0.955 bits per heavy atom. The third-order valence-corrected chi connectivity index (χ3v) is 5.56. The SMILES string of the molecule is O=C1c2ccccc2S(=O)(=O)c2cc(-c3ncc[nH]3)ccc21. The fourth-order valence-electron chi connectivity index (χ4n) is 2.65. The number of carbonyl (C=O) groups is 1. The number of ketones is 1. The molecule has 0 unspecified atom stereocenters. The van der Waals surface area contributed by atoms with Gasteiger partial charge in [-0.2, -0.15) is 0 Å². The number of hydrogen-bond donors (Lipinski definition) is 1. The van der Waals surface area contributed by atoms with Crippen molar-refractivity contribution in [3.05, 3.63) is 66.0 Å². The van der Waals surface area contributed by atoms with Crippen LogP contribution in [0.5, 0.6) is 0 Å². The topological polar surface area (TPSA) is 79.9 Å². The van der Waals surface area contributed by atoms with Crippen LogP contribution in [0.4, 0.5) is 0 Å². The van der Waals surface area contributed by atoms with Crippen LogP contribution >= 0.6 is 0 Å². The van der Waals surface area contributed by atoms with Crippen LogP contribution in [-0.2, 0) is 9.84 Å². The molecule has 3 aromatic rings. The standard InChI is InChI=1S/C16H10N2O3S/c19-15-11-3-1-2-4-13(11)22(20,21)14-9-10(5-6-12(14)15)16-17-7-8-18-16/h1-9H,(H,17,18). The van der Waals surface area contributed by atoms with Crippen molar-refractivity contribution in [3.63, 3.8) is 0 Å². The second kappa shape index (κ2) is 4.38. The maximum Gasteiger partial charge on any atom is 0.208 e. The Labute approximate surface area is 126 Å². The Kier molecular flexibility index (Phi) is 2.58. The van der Waals surface area contributed by atoms with Crippen LogP contribution < -0.4 is 0 Å². The molecule has 0 saturated carbocycles. The largest absolute Gasteiger partial charge is 0.345 e. The zero-order chi connectivity index (χ0) is 15.3. The van der Waals surface area contributed by atoms with Crippen LogP contribution in [-0.4, -0.2) is 24.2 Å². The molecule has 2 aromatic carbocycles. The molecular formula is C16H10N2O3S. The smallest absolute Gasteiger partial charge is 0.208 e. The minimum absolute atomic E-state index is 0.0325. The molecule has 0 aliphatic carbocycles. The van der Waals surface area contributed by atoms with Crippen molar-refractivity contribution in [1.29, 1.82) is 0 Å². The van der Waals surface area contributed by atoms with Gasteiger partial charge in [0.05, 0.1) is 9.79 Å². The summed E-state index contributed by atoms with van der Waals surface area (Å²) >= 11 is 0. The van der Waals surface area contributed by atoms with E-state index in [-0.39, 0.29) is 26.7 Å². The van der Waals surface area contributed by atoms with Crippen LogP contribution in [0.3, 0.4) is 0 Å². The molecule has 0 fully saturated rings. The fourth-order valence-corrected chi connectivity index (χ4v) is 4.33. The Morgan fingerprint density at radius 3 is 2.50 bits per heavy atom. The Balaban J connectivity index is 2.02. The zero-order valence-corrected chi connectivity index (χ0v) is 12.1. The molecule has 0 bridgehead atoms. The van der Waals surface area contributed by atoms with Crippen LogP contribution in [0.15, 0.2) is 64.6 Å². The first-order valence-electron chi connectivity index (χ1n) is 6.61. The normalized spacial score (nSPS) is 15.2. The minimum atomic E-state index is -3.71. The van der Waals surface area contributed by atoms with E-state index in [4.69, 9.17) is 0 Å². The summed E-state index contributed by atoms with van der Waals surface area (Å²) in [5.74, 6) is 0.288. The number of rotatable bonds is 1. The number of aromatic nitrogens is 2. The van der Waals surface area contributed by atoms with E-state index in [1.807, 2.05) is 0 Å². The van der Waals surface area contributed by atoms with E-state index in [0.29, 0.717) is 11.4 Å². The molecule has 4 rings (SSSR count). The molecule has 0 saturated heterocycles. The molecule has 5 nitrogen and oxygen atoms in total. The monoisotopic (exact) mass is 310 g/mol. The van der Waals surface area contributed by atoms with Gasteiger partial charge in [-0.15, -0.1) is 0 Å². The number of imidazole rings is 1. The van der Waals surface area contributed by atoms with Gasteiger partial charge in [-0.3, -0.25) is 4.79 Å². The second-order valence-electron chi connectivity index (χ2n) is 4.98. The molecule has 0 atom stereocenters. The molecule has 1 aromatic heterocycles. The second-order valence-corrected chi connectivity index (χ2v) is 6.86. The van der Waals surface area contributed by atoms with Crippen molar-refractivity contribution in [3.8, 4) is 11.4 Å². The lowest BCUT2D eigenvalue weighted by molar-refractivity contribution is 0.103. The van der Waals surface area contributed by atoms with E-state index in [0.717, 1.165) is 0 Å². The highest BCUT2D eigenvalue weighted by atomic mass is 32.2. The summed E-state index contributed by atoms with van der Waals surface area (Å²) in [4.78, 5) is 19.6. The van der Waals surface area contributed by atoms with Crippen molar-refractivity contribution < 1.29 is 13.2 Å². The van der Waals surface area contributed by atoms with Crippen molar-refractivity contribution in [2.24, 2.45) is 0 Å². The number of fused-ring (bicyclic) bond motifs is 2. The first-order valence-corrected chi connectivity index (χ1v) is 8.10. The summed E-state index contributed by atoms with van der Waals surface area (Å²) in [6, 6.07) is 11.0. The Morgan fingerprint density at radius 2 is 1.73 bits per heavy atom. The fraction of sp³-hybridized carbons (Fsp3) is 0. The molecule has 1 N–H and O–H groups in total. The quantitative estimate of drug-likeness (QED) is 0.585.